The van der Waals surface area contributed by atoms with Gasteiger partial charge in [0.2, 0.25) is 5.88 Å². The van der Waals surface area contributed by atoms with Gasteiger partial charge in [0, 0.05) is 19.2 Å². The first-order chi connectivity index (χ1) is 9.10. The lowest BCUT2D eigenvalue weighted by Crippen LogP contribution is -1.97. The van der Waals surface area contributed by atoms with Crippen LogP contribution in [0.3, 0.4) is 0 Å². The second-order valence-corrected chi connectivity index (χ2v) is 3.80. The van der Waals surface area contributed by atoms with E-state index >= 15 is 0 Å². The molecule has 0 aliphatic heterocycles. The molecule has 7 nitrogen and oxygen atoms in total. The zero-order valence-corrected chi connectivity index (χ0v) is 10.5. The van der Waals surface area contributed by atoms with Crippen LogP contribution in [0, 0.1) is 17.0 Å². The molecular formula is C12H12N4O3. The highest BCUT2D eigenvalue weighted by atomic mass is 16.6. The third-order valence-electron chi connectivity index (χ3n) is 2.45. The molecular weight excluding hydrogens is 248 g/mol. The third-order valence-corrected chi connectivity index (χ3v) is 2.45. The van der Waals surface area contributed by atoms with Crippen molar-refractivity contribution in [3.8, 4) is 11.6 Å². The molecule has 98 valence electrons. The van der Waals surface area contributed by atoms with Gasteiger partial charge in [0.1, 0.15) is 11.6 Å². The number of hydrogen-bond donors (Lipinski definition) is 1. The molecule has 1 N–H and O–H groups in total. The molecule has 0 radical (unpaired) electrons. The number of nitro benzene ring substituents is 1. The van der Waals surface area contributed by atoms with Crippen molar-refractivity contribution < 1.29 is 9.66 Å². The van der Waals surface area contributed by atoms with Gasteiger partial charge in [-0.1, -0.05) is 0 Å². The van der Waals surface area contributed by atoms with Gasteiger partial charge in [-0.3, -0.25) is 15.1 Å². The van der Waals surface area contributed by atoms with E-state index in [0.29, 0.717) is 23.0 Å². The van der Waals surface area contributed by atoms with Gasteiger partial charge < -0.3 is 10.1 Å². The summed E-state index contributed by atoms with van der Waals surface area (Å²) in [5.41, 5.74) is 0.686. The molecule has 2 aromatic rings. The first kappa shape index (κ1) is 12.7. The lowest BCUT2D eigenvalue weighted by atomic mass is 10.2. The zero-order valence-electron chi connectivity index (χ0n) is 10.5. The van der Waals surface area contributed by atoms with Gasteiger partial charge >= 0.3 is 0 Å². The van der Waals surface area contributed by atoms with Crippen LogP contribution in [0.2, 0.25) is 0 Å². The number of nitrogens with zero attached hydrogens (tertiary/aromatic N) is 3. The Kier molecular flexibility index (Phi) is 3.56. The van der Waals surface area contributed by atoms with Gasteiger partial charge in [-0.15, -0.1) is 0 Å². The highest BCUT2D eigenvalue weighted by molar-refractivity contribution is 5.44. The average Bonchev–Trinajstić information content (AvgIpc) is 2.41. The molecule has 7 heteroatoms. The molecule has 0 atom stereocenters. The predicted octanol–water partition coefficient (Wildman–Crippen LogP) is 2.53. The molecule has 19 heavy (non-hydrogen) atoms. The second kappa shape index (κ2) is 5.30. The van der Waals surface area contributed by atoms with E-state index in [1.807, 2.05) is 0 Å². The molecule has 0 fully saturated rings. The number of anilines is 1. The second-order valence-electron chi connectivity index (χ2n) is 3.80. The highest BCUT2D eigenvalue weighted by Crippen LogP contribution is 2.27. The number of benzene rings is 1. The highest BCUT2D eigenvalue weighted by Gasteiger charge is 2.10. The first-order valence-corrected chi connectivity index (χ1v) is 5.53. The van der Waals surface area contributed by atoms with Crippen molar-refractivity contribution >= 4 is 11.5 Å². The summed E-state index contributed by atoms with van der Waals surface area (Å²) in [5, 5.41) is 13.5. The molecule has 0 unspecified atom stereocenters. The Bertz CT molecular complexity index is 616. The van der Waals surface area contributed by atoms with Crippen LogP contribution in [0.4, 0.5) is 11.5 Å². The number of ether oxygens (including phenoxy) is 1. The molecule has 0 aliphatic carbocycles. The van der Waals surface area contributed by atoms with Crippen LogP contribution in [0.1, 0.15) is 5.56 Å². The van der Waals surface area contributed by atoms with E-state index in [-0.39, 0.29) is 5.69 Å². The summed E-state index contributed by atoms with van der Waals surface area (Å²) in [4.78, 5) is 18.3. The van der Waals surface area contributed by atoms with Crippen LogP contribution in [-0.4, -0.2) is 21.9 Å². The Morgan fingerprint density at radius 3 is 2.79 bits per heavy atom. The summed E-state index contributed by atoms with van der Waals surface area (Å²) in [5.74, 6) is 1.41. The Morgan fingerprint density at radius 2 is 2.16 bits per heavy atom. The lowest BCUT2D eigenvalue weighted by Gasteiger charge is -2.08. The van der Waals surface area contributed by atoms with Crippen molar-refractivity contribution in [1.29, 1.82) is 0 Å². The van der Waals surface area contributed by atoms with Crippen LogP contribution in [-0.2, 0) is 0 Å². The maximum atomic E-state index is 10.6. The summed E-state index contributed by atoms with van der Waals surface area (Å²) in [7, 11) is 1.73. The molecule has 0 bridgehead atoms. The van der Waals surface area contributed by atoms with E-state index in [2.05, 4.69) is 15.3 Å². The average molecular weight is 260 g/mol. The van der Waals surface area contributed by atoms with Crippen LogP contribution >= 0.6 is 0 Å². The third kappa shape index (κ3) is 2.95. The zero-order chi connectivity index (χ0) is 13.8. The number of nitro groups is 1. The fraction of sp³-hybridized carbons (Fsp3) is 0.167. The van der Waals surface area contributed by atoms with Gasteiger partial charge in [0.25, 0.3) is 5.69 Å². The van der Waals surface area contributed by atoms with E-state index in [1.165, 1.54) is 18.3 Å². The van der Waals surface area contributed by atoms with Crippen molar-refractivity contribution in [1.82, 2.24) is 9.97 Å². The standard InChI is InChI=1S/C12H12N4O3/c1-8-5-9(16(17)18)3-4-10(8)19-12-7-14-6-11(13-2)15-12/h3-7H,1-2H3,(H,13,15). The maximum absolute atomic E-state index is 10.6. The minimum Gasteiger partial charge on any atom is -0.437 e. The molecule has 0 saturated heterocycles. The molecule has 0 aliphatic rings. The summed E-state index contributed by atoms with van der Waals surface area (Å²) < 4.78 is 5.55. The summed E-state index contributed by atoms with van der Waals surface area (Å²) in [6, 6.07) is 4.38. The van der Waals surface area contributed by atoms with Crippen LogP contribution in [0.15, 0.2) is 30.6 Å². The molecule has 1 heterocycles. The molecule has 1 aromatic carbocycles. The molecule has 1 aromatic heterocycles. The van der Waals surface area contributed by atoms with E-state index in [1.54, 1.807) is 26.2 Å². The Labute approximate surface area is 109 Å². The monoisotopic (exact) mass is 260 g/mol. The Hall–Kier alpha value is -2.70. The largest absolute Gasteiger partial charge is 0.437 e. The van der Waals surface area contributed by atoms with Gasteiger partial charge in [0.15, 0.2) is 0 Å². The summed E-state index contributed by atoms with van der Waals surface area (Å²) in [6.07, 6.45) is 3.04. The van der Waals surface area contributed by atoms with E-state index in [4.69, 9.17) is 4.74 Å². The lowest BCUT2D eigenvalue weighted by molar-refractivity contribution is -0.384. The first-order valence-electron chi connectivity index (χ1n) is 5.53. The number of aryl methyl sites for hydroxylation is 1. The fourth-order valence-electron chi connectivity index (χ4n) is 1.49. The maximum Gasteiger partial charge on any atom is 0.269 e. The smallest absolute Gasteiger partial charge is 0.269 e. The van der Waals surface area contributed by atoms with E-state index in [0.717, 1.165) is 0 Å². The van der Waals surface area contributed by atoms with Crippen molar-refractivity contribution in [3.05, 3.63) is 46.3 Å². The van der Waals surface area contributed by atoms with Crippen molar-refractivity contribution in [2.24, 2.45) is 0 Å². The van der Waals surface area contributed by atoms with Crippen LogP contribution in [0.25, 0.3) is 0 Å². The van der Waals surface area contributed by atoms with Gasteiger partial charge in [-0.25, -0.2) is 0 Å². The SMILES string of the molecule is CNc1cncc(Oc2ccc([N+](=O)[O-])cc2C)n1. The minimum atomic E-state index is -0.446. The van der Waals surface area contributed by atoms with E-state index in [9.17, 15) is 10.1 Å². The summed E-state index contributed by atoms with van der Waals surface area (Å²) in [6.45, 7) is 1.73. The topological polar surface area (TPSA) is 90.2 Å². The normalized spacial score (nSPS) is 10.0. The number of hydrogen-bond acceptors (Lipinski definition) is 6. The molecule has 0 spiro atoms. The Balaban J connectivity index is 2.25. The summed E-state index contributed by atoms with van der Waals surface area (Å²) >= 11 is 0. The number of aromatic nitrogens is 2. The van der Waals surface area contributed by atoms with Crippen molar-refractivity contribution in [2.45, 2.75) is 6.92 Å². The fourth-order valence-corrected chi connectivity index (χ4v) is 1.49. The quantitative estimate of drug-likeness (QED) is 0.671. The van der Waals surface area contributed by atoms with Gasteiger partial charge in [-0.05, 0) is 18.6 Å². The number of rotatable bonds is 4. The molecule has 0 saturated carbocycles. The molecule has 2 rings (SSSR count). The minimum absolute atomic E-state index is 0.0277. The number of nitrogens with one attached hydrogen (secondary N) is 1. The number of non-ortho nitro benzene ring substituents is 1. The van der Waals surface area contributed by atoms with Crippen molar-refractivity contribution in [3.63, 3.8) is 0 Å². The predicted molar refractivity (Wildman–Crippen MR) is 69.5 cm³/mol. The van der Waals surface area contributed by atoms with Crippen LogP contribution in [0.5, 0.6) is 11.6 Å². The van der Waals surface area contributed by atoms with Crippen molar-refractivity contribution in [2.75, 3.05) is 12.4 Å². The van der Waals surface area contributed by atoms with Gasteiger partial charge in [-0.2, -0.15) is 4.98 Å². The molecule has 0 amide bonds. The Morgan fingerprint density at radius 1 is 1.37 bits per heavy atom. The van der Waals surface area contributed by atoms with Gasteiger partial charge in [0.05, 0.1) is 17.3 Å². The van der Waals surface area contributed by atoms with E-state index < -0.39 is 4.92 Å². The van der Waals surface area contributed by atoms with Crippen LogP contribution < -0.4 is 10.1 Å².